The molecule has 0 radical (unpaired) electrons. The molecule has 1 saturated heterocycles. The average molecular weight is 251 g/mol. The maximum atomic E-state index is 11.4. The highest BCUT2D eigenvalue weighted by molar-refractivity contribution is 5.75. The van der Waals surface area contributed by atoms with Crippen LogP contribution in [0.2, 0.25) is 0 Å². The van der Waals surface area contributed by atoms with Crippen LogP contribution in [0.4, 0.5) is 0 Å². The molecule has 2 atom stereocenters. The fourth-order valence-corrected chi connectivity index (χ4v) is 2.91. The monoisotopic (exact) mass is 251 g/mol. The number of carbonyl (C=O) groups is 1. The van der Waals surface area contributed by atoms with Gasteiger partial charge in [-0.3, -0.25) is 9.69 Å². The predicted molar refractivity (Wildman–Crippen MR) is 68.3 cm³/mol. The van der Waals surface area contributed by atoms with E-state index in [1.54, 1.807) is 6.26 Å². The van der Waals surface area contributed by atoms with Gasteiger partial charge in [0.15, 0.2) is 0 Å². The zero-order valence-electron chi connectivity index (χ0n) is 11.1. The lowest BCUT2D eigenvalue weighted by Crippen LogP contribution is -2.35. The van der Waals surface area contributed by atoms with E-state index >= 15 is 0 Å². The SMILES string of the molecule is CCC(c1ccco1)N1CCC(CC)(C(=O)O)C1. The molecule has 2 unspecified atom stereocenters. The zero-order chi connectivity index (χ0) is 13.2. The van der Waals surface area contributed by atoms with E-state index in [1.807, 2.05) is 19.1 Å². The lowest BCUT2D eigenvalue weighted by molar-refractivity contribution is -0.148. The van der Waals surface area contributed by atoms with Crippen LogP contribution in [-0.2, 0) is 4.79 Å². The number of furan rings is 1. The Morgan fingerprint density at radius 3 is 2.83 bits per heavy atom. The molecule has 4 nitrogen and oxygen atoms in total. The number of carboxylic acid groups (broad SMARTS) is 1. The molecule has 0 aromatic carbocycles. The van der Waals surface area contributed by atoms with Crippen LogP contribution in [-0.4, -0.2) is 29.1 Å². The summed E-state index contributed by atoms with van der Waals surface area (Å²) in [6.07, 6.45) is 4.04. The van der Waals surface area contributed by atoms with Gasteiger partial charge in [-0.1, -0.05) is 13.8 Å². The predicted octanol–water partition coefficient (Wildman–Crippen LogP) is 2.92. The fourth-order valence-electron chi connectivity index (χ4n) is 2.91. The van der Waals surface area contributed by atoms with Crippen molar-refractivity contribution in [2.24, 2.45) is 5.41 Å². The van der Waals surface area contributed by atoms with Crippen LogP contribution in [0.25, 0.3) is 0 Å². The highest BCUT2D eigenvalue weighted by atomic mass is 16.4. The van der Waals surface area contributed by atoms with Crippen LogP contribution in [0.15, 0.2) is 22.8 Å². The smallest absolute Gasteiger partial charge is 0.310 e. The molecule has 1 fully saturated rings. The summed E-state index contributed by atoms with van der Waals surface area (Å²) in [5, 5.41) is 9.42. The standard InChI is InChI=1S/C14H21NO3/c1-3-11(12-6-5-9-18-12)15-8-7-14(4-2,10-15)13(16)17/h5-6,9,11H,3-4,7-8,10H2,1-2H3,(H,16,17). The second-order valence-electron chi connectivity index (χ2n) is 5.10. The molecule has 1 aliphatic rings. The first-order valence-electron chi connectivity index (χ1n) is 6.64. The average Bonchev–Trinajstić information content (AvgIpc) is 3.00. The summed E-state index contributed by atoms with van der Waals surface area (Å²) >= 11 is 0. The summed E-state index contributed by atoms with van der Waals surface area (Å²) in [4.78, 5) is 13.7. The van der Waals surface area contributed by atoms with Crippen molar-refractivity contribution in [2.75, 3.05) is 13.1 Å². The minimum absolute atomic E-state index is 0.202. The molecule has 2 heterocycles. The van der Waals surface area contributed by atoms with Crippen LogP contribution in [0.3, 0.4) is 0 Å². The molecule has 2 rings (SSSR count). The molecule has 1 N–H and O–H groups in total. The van der Waals surface area contributed by atoms with E-state index in [2.05, 4.69) is 11.8 Å². The van der Waals surface area contributed by atoms with Gasteiger partial charge in [0, 0.05) is 13.1 Å². The van der Waals surface area contributed by atoms with Gasteiger partial charge in [0.2, 0.25) is 0 Å². The lowest BCUT2D eigenvalue weighted by Gasteiger charge is -2.27. The van der Waals surface area contributed by atoms with Crippen LogP contribution in [0.5, 0.6) is 0 Å². The molecule has 1 aliphatic heterocycles. The summed E-state index contributed by atoms with van der Waals surface area (Å²) in [5.74, 6) is 0.275. The minimum atomic E-state index is -0.665. The van der Waals surface area contributed by atoms with Crippen molar-refractivity contribution in [2.45, 2.75) is 39.2 Å². The van der Waals surface area contributed by atoms with Crippen molar-refractivity contribution in [3.8, 4) is 0 Å². The van der Waals surface area contributed by atoms with E-state index in [4.69, 9.17) is 4.42 Å². The van der Waals surface area contributed by atoms with Crippen LogP contribution in [0.1, 0.15) is 44.9 Å². The minimum Gasteiger partial charge on any atom is -0.481 e. The number of carboxylic acids is 1. The van der Waals surface area contributed by atoms with E-state index < -0.39 is 11.4 Å². The van der Waals surface area contributed by atoms with E-state index in [0.717, 1.165) is 25.1 Å². The first-order valence-corrected chi connectivity index (χ1v) is 6.64. The second kappa shape index (κ2) is 5.14. The largest absolute Gasteiger partial charge is 0.481 e. The van der Waals surface area contributed by atoms with Crippen LogP contribution in [0, 0.1) is 5.41 Å². The van der Waals surface area contributed by atoms with E-state index in [9.17, 15) is 9.90 Å². The molecule has 0 saturated carbocycles. The molecular formula is C14H21NO3. The number of hydrogen-bond acceptors (Lipinski definition) is 3. The number of aliphatic carboxylic acids is 1. The lowest BCUT2D eigenvalue weighted by atomic mass is 9.84. The molecule has 4 heteroatoms. The van der Waals surface area contributed by atoms with Gasteiger partial charge in [0.1, 0.15) is 5.76 Å². The van der Waals surface area contributed by atoms with Gasteiger partial charge in [-0.15, -0.1) is 0 Å². The van der Waals surface area contributed by atoms with Crippen molar-refractivity contribution in [3.63, 3.8) is 0 Å². The first kappa shape index (κ1) is 13.1. The van der Waals surface area contributed by atoms with Crippen LogP contribution >= 0.6 is 0 Å². The maximum Gasteiger partial charge on any atom is 0.310 e. The van der Waals surface area contributed by atoms with Crippen molar-refractivity contribution in [1.29, 1.82) is 0 Å². The number of hydrogen-bond donors (Lipinski definition) is 1. The Kier molecular flexibility index (Phi) is 3.76. The van der Waals surface area contributed by atoms with Gasteiger partial charge < -0.3 is 9.52 Å². The molecular weight excluding hydrogens is 230 g/mol. The second-order valence-corrected chi connectivity index (χ2v) is 5.10. The number of nitrogens with zero attached hydrogens (tertiary/aromatic N) is 1. The molecule has 100 valence electrons. The number of rotatable bonds is 5. The summed E-state index contributed by atoms with van der Waals surface area (Å²) < 4.78 is 5.47. The van der Waals surface area contributed by atoms with E-state index in [-0.39, 0.29) is 6.04 Å². The van der Waals surface area contributed by atoms with Gasteiger partial charge >= 0.3 is 5.97 Å². The normalized spacial score (nSPS) is 26.3. The third-order valence-electron chi connectivity index (χ3n) is 4.21. The van der Waals surface area contributed by atoms with Gasteiger partial charge in [-0.2, -0.15) is 0 Å². The Morgan fingerprint density at radius 1 is 1.61 bits per heavy atom. The molecule has 0 amide bonds. The van der Waals surface area contributed by atoms with Gasteiger partial charge in [0.25, 0.3) is 0 Å². The Morgan fingerprint density at radius 2 is 2.39 bits per heavy atom. The van der Waals surface area contributed by atoms with Crippen molar-refractivity contribution in [1.82, 2.24) is 4.90 Å². The summed E-state index contributed by atoms with van der Waals surface area (Å²) in [7, 11) is 0. The summed E-state index contributed by atoms with van der Waals surface area (Å²) in [6, 6.07) is 4.06. The van der Waals surface area contributed by atoms with Crippen molar-refractivity contribution < 1.29 is 14.3 Å². The Labute approximate surface area is 108 Å². The first-order chi connectivity index (χ1) is 8.63. The van der Waals surface area contributed by atoms with Gasteiger partial charge in [-0.25, -0.2) is 0 Å². The third-order valence-corrected chi connectivity index (χ3v) is 4.21. The molecule has 1 aromatic rings. The van der Waals surface area contributed by atoms with E-state index in [0.29, 0.717) is 13.0 Å². The Balaban J connectivity index is 2.14. The van der Waals surface area contributed by atoms with Gasteiger partial charge in [-0.05, 0) is 31.4 Å². The topological polar surface area (TPSA) is 53.7 Å². The zero-order valence-corrected chi connectivity index (χ0v) is 11.1. The van der Waals surface area contributed by atoms with Crippen molar-refractivity contribution in [3.05, 3.63) is 24.2 Å². The number of likely N-dealkylation sites (tertiary alicyclic amines) is 1. The summed E-state index contributed by atoms with van der Waals surface area (Å²) in [6.45, 7) is 5.53. The fraction of sp³-hybridized carbons (Fsp3) is 0.643. The highest BCUT2D eigenvalue weighted by Gasteiger charge is 2.45. The highest BCUT2D eigenvalue weighted by Crippen LogP contribution is 2.39. The molecule has 0 spiro atoms. The third kappa shape index (κ3) is 2.17. The molecule has 0 bridgehead atoms. The maximum absolute atomic E-state index is 11.4. The van der Waals surface area contributed by atoms with Crippen molar-refractivity contribution >= 4 is 5.97 Å². The quantitative estimate of drug-likeness (QED) is 0.874. The summed E-state index contributed by atoms with van der Waals surface area (Å²) in [5.41, 5.74) is -0.569. The molecule has 18 heavy (non-hydrogen) atoms. The van der Waals surface area contributed by atoms with Gasteiger partial charge in [0.05, 0.1) is 17.7 Å². The molecule has 0 aliphatic carbocycles. The molecule has 1 aromatic heterocycles. The Bertz CT molecular complexity index is 401. The Hall–Kier alpha value is -1.29. The van der Waals surface area contributed by atoms with Crippen LogP contribution < -0.4 is 0 Å². The van der Waals surface area contributed by atoms with E-state index in [1.165, 1.54) is 0 Å².